The molecule has 0 saturated carbocycles. The Balaban J connectivity index is 1.86. The van der Waals surface area contributed by atoms with Crippen LogP contribution in [0.25, 0.3) is 0 Å². The van der Waals surface area contributed by atoms with E-state index in [4.69, 9.17) is 4.42 Å². The Labute approximate surface area is 132 Å². The molecule has 0 radical (unpaired) electrons. The molecule has 1 amide bonds. The predicted molar refractivity (Wildman–Crippen MR) is 84.2 cm³/mol. The molecule has 0 fully saturated rings. The number of rotatable bonds is 2. The van der Waals surface area contributed by atoms with Crippen molar-refractivity contribution in [2.75, 3.05) is 0 Å². The van der Waals surface area contributed by atoms with E-state index in [0.29, 0.717) is 5.69 Å². The van der Waals surface area contributed by atoms with Crippen LogP contribution in [-0.4, -0.2) is 10.9 Å². The number of aromatic nitrogens is 1. The fraction of sp³-hybridized carbons (Fsp3) is 0.438. The van der Waals surface area contributed by atoms with Crippen molar-refractivity contribution in [2.45, 2.75) is 39.7 Å². The Hall–Kier alpha value is -1.49. The number of amides is 1. The maximum Gasteiger partial charge on any atom is 0.268 e. The molecule has 1 unspecified atom stereocenters. The van der Waals surface area contributed by atoms with E-state index in [1.807, 2.05) is 13.0 Å². The summed E-state index contributed by atoms with van der Waals surface area (Å²) in [4.78, 5) is 15.3. The highest BCUT2D eigenvalue weighted by Crippen LogP contribution is 2.42. The summed E-state index contributed by atoms with van der Waals surface area (Å²) in [6.07, 6.45) is 3.58. The van der Waals surface area contributed by atoms with Gasteiger partial charge in [0.1, 0.15) is 17.2 Å². The third-order valence-corrected chi connectivity index (χ3v) is 4.39. The first-order valence-corrected chi connectivity index (χ1v) is 7.87. The number of carbonyl (C=O) groups excluding carboxylic acids is 1. The van der Waals surface area contributed by atoms with Crippen LogP contribution in [0.2, 0.25) is 0 Å². The smallest absolute Gasteiger partial charge is 0.268 e. The van der Waals surface area contributed by atoms with Gasteiger partial charge >= 0.3 is 0 Å². The summed E-state index contributed by atoms with van der Waals surface area (Å²) in [5.74, 6) is 1.81. The fourth-order valence-electron chi connectivity index (χ4n) is 3.05. The third-order valence-electron chi connectivity index (χ3n) is 3.93. The molecule has 5 heteroatoms. The summed E-state index contributed by atoms with van der Waals surface area (Å²) in [5.41, 5.74) is 1.80. The van der Waals surface area contributed by atoms with Crippen LogP contribution in [0.4, 0.5) is 0 Å². The van der Waals surface area contributed by atoms with Crippen LogP contribution in [-0.2, 0) is 6.42 Å². The second-order valence-electron chi connectivity index (χ2n) is 6.54. The summed E-state index contributed by atoms with van der Waals surface area (Å²) >= 11 is 3.35. The van der Waals surface area contributed by atoms with Crippen LogP contribution in [0.15, 0.2) is 27.2 Å². The summed E-state index contributed by atoms with van der Waals surface area (Å²) in [5, 5.41) is 3.12. The molecule has 2 heterocycles. The largest absolute Gasteiger partial charge is 0.466 e. The van der Waals surface area contributed by atoms with Crippen LogP contribution in [0.1, 0.15) is 53.9 Å². The molecule has 112 valence electrons. The molecule has 4 nitrogen and oxygen atoms in total. The fourth-order valence-corrected chi connectivity index (χ4v) is 3.39. The average Bonchev–Trinajstić information content (AvgIpc) is 2.93. The van der Waals surface area contributed by atoms with Gasteiger partial charge in [0.2, 0.25) is 0 Å². The van der Waals surface area contributed by atoms with Crippen LogP contribution in [0, 0.1) is 12.3 Å². The molecule has 3 rings (SSSR count). The second-order valence-corrected chi connectivity index (χ2v) is 7.45. The number of hydrogen-bond acceptors (Lipinski definition) is 2. The number of nitrogens with one attached hydrogen (secondary N) is 2. The molecule has 0 aromatic carbocycles. The standard InChI is InChI=1S/C16H19BrN2O2/c1-9-4-11-13(6-16(2,3)7-14(11)21-9)19-15(20)12-5-10(17)8-18-12/h4-5,8,13,18H,6-7H2,1-3H3,(H,19,20). The number of furan rings is 1. The Morgan fingerprint density at radius 2 is 2.24 bits per heavy atom. The van der Waals surface area contributed by atoms with Crippen molar-refractivity contribution in [1.29, 1.82) is 0 Å². The Morgan fingerprint density at radius 1 is 1.48 bits per heavy atom. The number of carbonyl (C=O) groups is 1. The van der Waals surface area contributed by atoms with Gasteiger partial charge in [-0.2, -0.15) is 0 Å². The van der Waals surface area contributed by atoms with Crippen LogP contribution in [0.3, 0.4) is 0 Å². The normalized spacial score (nSPS) is 20.1. The summed E-state index contributed by atoms with van der Waals surface area (Å²) in [6.45, 7) is 6.36. The maximum absolute atomic E-state index is 12.4. The number of H-pyrrole nitrogens is 1. The number of fused-ring (bicyclic) bond motifs is 1. The molecule has 0 saturated heterocycles. The molecule has 1 aliphatic rings. The maximum atomic E-state index is 12.4. The zero-order chi connectivity index (χ0) is 15.2. The highest BCUT2D eigenvalue weighted by atomic mass is 79.9. The van der Waals surface area contributed by atoms with E-state index in [9.17, 15) is 4.79 Å². The zero-order valence-electron chi connectivity index (χ0n) is 12.4. The molecular weight excluding hydrogens is 332 g/mol. The molecule has 2 N–H and O–H groups in total. The number of halogens is 1. The van der Waals surface area contributed by atoms with E-state index in [0.717, 1.165) is 34.4 Å². The van der Waals surface area contributed by atoms with Gasteiger partial charge < -0.3 is 14.7 Å². The Bertz CT molecular complexity index is 684. The Kier molecular flexibility index (Phi) is 3.48. The van der Waals surface area contributed by atoms with Gasteiger partial charge in [-0.05, 0) is 46.8 Å². The van der Waals surface area contributed by atoms with Crippen LogP contribution in [0.5, 0.6) is 0 Å². The highest BCUT2D eigenvalue weighted by Gasteiger charge is 2.35. The zero-order valence-corrected chi connectivity index (χ0v) is 14.0. The highest BCUT2D eigenvalue weighted by molar-refractivity contribution is 9.10. The lowest BCUT2D eigenvalue weighted by molar-refractivity contribution is 0.0913. The minimum atomic E-state index is -0.0896. The van der Waals surface area contributed by atoms with Gasteiger partial charge in [0.25, 0.3) is 5.91 Å². The van der Waals surface area contributed by atoms with E-state index in [1.54, 1.807) is 12.3 Å². The van der Waals surface area contributed by atoms with Crippen molar-refractivity contribution in [1.82, 2.24) is 10.3 Å². The third kappa shape index (κ3) is 2.93. The van der Waals surface area contributed by atoms with Crippen molar-refractivity contribution < 1.29 is 9.21 Å². The lowest BCUT2D eigenvalue weighted by Crippen LogP contribution is -2.36. The quantitative estimate of drug-likeness (QED) is 0.855. The topological polar surface area (TPSA) is 58.0 Å². The van der Waals surface area contributed by atoms with Crippen molar-refractivity contribution in [3.63, 3.8) is 0 Å². The van der Waals surface area contributed by atoms with Gasteiger partial charge in [0.15, 0.2) is 0 Å². The molecule has 21 heavy (non-hydrogen) atoms. The predicted octanol–water partition coefficient (Wildman–Crippen LogP) is 4.12. The van der Waals surface area contributed by atoms with E-state index in [1.165, 1.54) is 0 Å². The summed E-state index contributed by atoms with van der Waals surface area (Å²) in [7, 11) is 0. The van der Waals surface area contributed by atoms with Gasteiger partial charge in [-0.15, -0.1) is 0 Å². The number of aryl methyl sites for hydroxylation is 1. The average molecular weight is 351 g/mol. The molecule has 0 aliphatic heterocycles. The van der Waals surface area contributed by atoms with E-state index >= 15 is 0 Å². The lowest BCUT2D eigenvalue weighted by atomic mass is 9.74. The van der Waals surface area contributed by atoms with Gasteiger partial charge in [0.05, 0.1) is 6.04 Å². The molecule has 0 spiro atoms. The minimum Gasteiger partial charge on any atom is -0.466 e. The lowest BCUT2D eigenvalue weighted by Gasteiger charge is -2.34. The monoisotopic (exact) mass is 350 g/mol. The van der Waals surface area contributed by atoms with Gasteiger partial charge in [-0.1, -0.05) is 13.8 Å². The van der Waals surface area contributed by atoms with Crippen molar-refractivity contribution in [2.24, 2.45) is 5.41 Å². The number of aromatic amines is 1. The van der Waals surface area contributed by atoms with E-state index in [-0.39, 0.29) is 17.4 Å². The summed E-state index contributed by atoms with van der Waals surface area (Å²) < 4.78 is 6.67. The first-order valence-electron chi connectivity index (χ1n) is 7.08. The molecule has 1 aliphatic carbocycles. The molecular formula is C16H19BrN2O2. The molecule has 2 aromatic heterocycles. The molecule has 0 bridgehead atoms. The van der Waals surface area contributed by atoms with Crippen molar-refractivity contribution >= 4 is 21.8 Å². The SMILES string of the molecule is Cc1cc2c(o1)CC(C)(C)CC2NC(=O)c1cc(Br)c[nH]1. The first-order chi connectivity index (χ1) is 9.84. The molecule has 1 atom stereocenters. The van der Waals surface area contributed by atoms with E-state index < -0.39 is 0 Å². The Morgan fingerprint density at radius 3 is 2.90 bits per heavy atom. The molecule has 2 aromatic rings. The summed E-state index contributed by atoms with van der Waals surface area (Å²) in [6, 6.07) is 3.82. The second kappa shape index (κ2) is 5.05. The minimum absolute atomic E-state index is 0.00391. The van der Waals surface area contributed by atoms with Gasteiger partial charge in [-0.3, -0.25) is 4.79 Å². The number of hydrogen-bond donors (Lipinski definition) is 2. The van der Waals surface area contributed by atoms with Crippen molar-refractivity contribution in [3.8, 4) is 0 Å². The first kappa shape index (κ1) is 14.4. The van der Waals surface area contributed by atoms with Crippen molar-refractivity contribution in [3.05, 3.63) is 45.6 Å². The van der Waals surface area contributed by atoms with Crippen LogP contribution >= 0.6 is 15.9 Å². The van der Waals surface area contributed by atoms with Gasteiger partial charge in [-0.25, -0.2) is 0 Å². The van der Waals surface area contributed by atoms with E-state index in [2.05, 4.69) is 40.1 Å². The van der Waals surface area contributed by atoms with Crippen LogP contribution < -0.4 is 5.32 Å². The van der Waals surface area contributed by atoms with Gasteiger partial charge in [0, 0.05) is 22.7 Å².